The first kappa shape index (κ1) is 20.0. The van der Waals surface area contributed by atoms with E-state index in [9.17, 15) is 19.2 Å². The maximum absolute atomic E-state index is 13.2. The van der Waals surface area contributed by atoms with Crippen LogP contribution in [0.3, 0.4) is 0 Å². The minimum atomic E-state index is -0.564. The van der Waals surface area contributed by atoms with Crippen molar-refractivity contribution < 1.29 is 23.9 Å². The molecule has 0 unspecified atom stereocenters. The number of benzene rings is 1. The van der Waals surface area contributed by atoms with Crippen molar-refractivity contribution in [3.05, 3.63) is 40.9 Å². The van der Waals surface area contributed by atoms with Crippen molar-refractivity contribution >= 4 is 45.8 Å². The number of rotatable bonds is 5. The quantitative estimate of drug-likeness (QED) is 0.729. The molecule has 2 aromatic rings. The Morgan fingerprint density at radius 1 is 1.30 bits per heavy atom. The van der Waals surface area contributed by atoms with Gasteiger partial charge in [-0.15, -0.1) is 11.3 Å². The van der Waals surface area contributed by atoms with E-state index in [4.69, 9.17) is 4.74 Å². The predicted octanol–water partition coefficient (Wildman–Crippen LogP) is 1.91. The number of carbonyl (C=O) groups excluding carboxylic acids is 4. The van der Waals surface area contributed by atoms with Gasteiger partial charge in [0.15, 0.2) is 10.8 Å². The summed E-state index contributed by atoms with van der Waals surface area (Å²) < 4.78 is 4.89. The third-order valence-corrected chi connectivity index (χ3v) is 5.78. The molecule has 3 amide bonds. The SMILES string of the molecule is CCOC(=O)c1csc(NC(=O)CN2C(=O)[C@H]3CCCN3C(=O)c3ccccc32)n1. The first-order valence-corrected chi connectivity index (χ1v) is 10.5. The average molecular weight is 428 g/mol. The van der Waals surface area contributed by atoms with E-state index in [2.05, 4.69) is 10.3 Å². The topological polar surface area (TPSA) is 109 Å². The van der Waals surface area contributed by atoms with Gasteiger partial charge in [0.2, 0.25) is 11.8 Å². The maximum atomic E-state index is 13.2. The average Bonchev–Trinajstić information content (AvgIpc) is 3.39. The highest BCUT2D eigenvalue weighted by atomic mass is 32.1. The van der Waals surface area contributed by atoms with Crippen LogP contribution in [0.2, 0.25) is 0 Å². The molecule has 0 aliphatic carbocycles. The number of para-hydroxylation sites is 1. The van der Waals surface area contributed by atoms with Gasteiger partial charge in [-0.2, -0.15) is 0 Å². The highest BCUT2D eigenvalue weighted by Crippen LogP contribution is 2.32. The summed E-state index contributed by atoms with van der Waals surface area (Å²) in [6.07, 6.45) is 1.33. The molecular formula is C20H20N4O5S. The van der Waals surface area contributed by atoms with E-state index in [1.54, 1.807) is 36.1 Å². The Labute approximate surface area is 176 Å². The summed E-state index contributed by atoms with van der Waals surface area (Å²) in [7, 11) is 0. The highest BCUT2D eigenvalue weighted by molar-refractivity contribution is 7.14. The van der Waals surface area contributed by atoms with Crippen LogP contribution in [0.15, 0.2) is 29.6 Å². The lowest BCUT2D eigenvalue weighted by Crippen LogP contribution is -2.47. The number of aromatic nitrogens is 1. The number of esters is 1. The Morgan fingerprint density at radius 2 is 2.10 bits per heavy atom. The van der Waals surface area contributed by atoms with Crippen LogP contribution in [0.1, 0.15) is 40.6 Å². The van der Waals surface area contributed by atoms with E-state index in [0.717, 1.165) is 17.8 Å². The van der Waals surface area contributed by atoms with Gasteiger partial charge in [0.25, 0.3) is 5.91 Å². The number of carbonyl (C=O) groups is 4. The molecule has 1 fully saturated rings. The minimum absolute atomic E-state index is 0.112. The van der Waals surface area contributed by atoms with Crippen molar-refractivity contribution in [2.75, 3.05) is 29.9 Å². The first-order valence-electron chi connectivity index (χ1n) is 9.63. The molecule has 1 aromatic carbocycles. The molecule has 0 radical (unpaired) electrons. The normalized spacial score (nSPS) is 18.0. The summed E-state index contributed by atoms with van der Waals surface area (Å²) >= 11 is 1.09. The van der Waals surface area contributed by atoms with Crippen LogP contribution in [-0.2, 0) is 14.3 Å². The van der Waals surface area contributed by atoms with Gasteiger partial charge in [0.1, 0.15) is 12.6 Å². The van der Waals surface area contributed by atoms with E-state index >= 15 is 0 Å². The van der Waals surface area contributed by atoms with Gasteiger partial charge in [-0.3, -0.25) is 14.4 Å². The van der Waals surface area contributed by atoms with Gasteiger partial charge in [-0.05, 0) is 31.9 Å². The zero-order chi connectivity index (χ0) is 21.3. The van der Waals surface area contributed by atoms with E-state index in [1.807, 2.05) is 0 Å². The van der Waals surface area contributed by atoms with Crippen LogP contribution in [0.5, 0.6) is 0 Å². The van der Waals surface area contributed by atoms with E-state index in [0.29, 0.717) is 24.2 Å². The summed E-state index contributed by atoms with van der Waals surface area (Å²) in [5, 5.41) is 4.35. The van der Waals surface area contributed by atoms with Crippen molar-refractivity contribution in [2.45, 2.75) is 25.8 Å². The number of thiazole rings is 1. The van der Waals surface area contributed by atoms with Gasteiger partial charge < -0.3 is 19.9 Å². The summed E-state index contributed by atoms with van der Waals surface area (Å²) in [6.45, 7) is 2.19. The molecule has 3 heterocycles. The fourth-order valence-corrected chi connectivity index (χ4v) is 4.40. The molecule has 156 valence electrons. The third-order valence-electron chi connectivity index (χ3n) is 5.03. The molecule has 0 bridgehead atoms. The Bertz CT molecular complexity index is 1020. The molecular weight excluding hydrogens is 408 g/mol. The second kappa shape index (κ2) is 8.23. The van der Waals surface area contributed by atoms with Gasteiger partial charge in [-0.1, -0.05) is 12.1 Å². The monoisotopic (exact) mass is 428 g/mol. The van der Waals surface area contributed by atoms with Crippen molar-refractivity contribution in [1.82, 2.24) is 9.88 Å². The van der Waals surface area contributed by atoms with Crippen LogP contribution < -0.4 is 10.2 Å². The molecule has 2 aliphatic rings. The molecule has 1 aromatic heterocycles. The molecule has 1 atom stereocenters. The Balaban J connectivity index is 1.55. The van der Waals surface area contributed by atoms with Gasteiger partial charge in [-0.25, -0.2) is 9.78 Å². The van der Waals surface area contributed by atoms with Crippen molar-refractivity contribution in [3.63, 3.8) is 0 Å². The molecule has 4 rings (SSSR count). The molecule has 30 heavy (non-hydrogen) atoms. The fraction of sp³-hybridized carbons (Fsp3) is 0.350. The molecule has 1 N–H and O–H groups in total. The zero-order valence-corrected chi connectivity index (χ0v) is 17.1. The van der Waals surface area contributed by atoms with Crippen molar-refractivity contribution in [2.24, 2.45) is 0 Å². The largest absolute Gasteiger partial charge is 0.461 e. The zero-order valence-electron chi connectivity index (χ0n) is 16.3. The number of nitrogens with zero attached hydrogens (tertiary/aromatic N) is 3. The molecule has 10 heteroatoms. The van der Waals surface area contributed by atoms with Gasteiger partial charge >= 0.3 is 5.97 Å². The van der Waals surface area contributed by atoms with Gasteiger partial charge in [0, 0.05) is 11.9 Å². The first-order chi connectivity index (χ1) is 14.5. The fourth-order valence-electron chi connectivity index (χ4n) is 3.71. The number of fused-ring (bicyclic) bond motifs is 2. The number of nitrogens with one attached hydrogen (secondary N) is 1. The summed E-state index contributed by atoms with van der Waals surface area (Å²) in [5.74, 6) is -1.50. The van der Waals surface area contributed by atoms with Crippen LogP contribution in [0.25, 0.3) is 0 Å². The second-order valence-electron chi connectivity index (χ2n) is 6.90. The van der Waals surface area contributed by atoms with Crippen LogP contribution in [0.4, 0.5) is 10.8 Å². The summed E-state index contributed by atoms with van der Waals surface area (Å²) in [6, 6.07) is 6.24. The van der Waals surface area contributed by atoms with Crippen molar-refractivity contribution in [3.8, 4) is 0 Å². The number of anilines is 2. The smallest absolute Gasteiger partial charge is 0.357 e. The van der Waals surface area contributed by atoms with Gasteiger partial charge in [0.05, 0.1) is 17.9 Å². The molecule has 0 spiro atoms. The summed E-state index contributed by atoms with van der Waals surface area (Å²) in [5.41, 5.74) is 0.936. The molecule has 0 saturated carbocycles. The lowest BCUT2D eigenvalue weighted by molar-refractivity contribution is -0.124. The molecule has 2 aliphatic heterocycles. The summed E-state index contributed by atoms with van der Waals surface area (Å²) in [4.78, 5) is 57.5. The molecule has 9 nitrogen and oxygen atoms in total. The predicted molar refractivity (Wildman–Crippen MR) is 110 cm³/mol. The lowest BCUT2D eigenvalue weighted by Gasteiger charge is -2.25. The Hall–Kier alpha value is -3.27. The lowest BCUT2D eigenvalue weighted by atomic mass is 10.1. The standard InChI is InChI=1S/C20H20N4O5S/c1-2-29-19(28)13-11-30-20(21-13)22-16(25)10-24-14-7-4-3-6-12(14)17(26)23-9-5-8-15(23)18(24)27/h3-4,6-7,11,15H,2,5,8-10H2,1H3,(H,21,22,25)/t15-/m1/s1. The number of hydrogen-bond donors (Lipinski definition) is 1. The highest BCUT2D eigenvalue weighted by Gasteiger charge is 2.42. The third kappa shape index (κ3) is 3.65. The van der Waals surface area contributed by atoms with Crippen LogP contribution >= 0.6 is 11.3 Å². The Kier molecular flexibility index (Phi) is 5.49. The maximum Gasteiger partial charge on any atom is 0.357 e. The number of hydrogen-bond acceptors (Lipinski definition) is 7. The Morgan fingerprint density at radius 3 is 2.90 bits per heavy atom. The van der Waals surface area contributed by atoms with Crippen LogP contribution in [-0.4, -0.2) is 59.3 Å². The minimum Gasteiger partial charge on any atom is -0.461 e. The van der Waals surface area contributed by atoms with E-state index < -0.39 is 17.9 Å². The van der Waals surface area contributed by atoms with Crippen LogP contribution in [0, 0.1) is 0 Å². The molecule has 1 saturated heterocycles. The van der Waals surface area contributed by atoms with E-state index in [-0.39, 0.29) is 35.8 Å². The number of ether oxygens (including phenoxy) is 1. The van der Waals surface area contributed by atoms with Crippen molar-refractivity contribution in [1.29, 1.82) is 0 Å². The number of amides is 3. The van der Waals surface area contributed by atoms with E-state index in [1.165, 1.54) is 10.3 Å². The second-order valence-corrected chi connectivity index (χ2v) is 7.76.